The Hall–Kier alpha value is -1.00. The summed E-state index contributed by atoms with van der Waals surface area (Å²) >= 11 is 1.72. The summed E-state index contributed by atoms with van der Waals surface area (Å²) in [6.45, 7) is 2.25. The Balaban J connectivity index is 2.34. The number of carbonyl (C=O) groups is 1. The monoisotopic (exact) mass is 267 g/mol. The molecule has 0 fully saturated rings. The minimum absolute atomic E-state index is 0.00883. The molecule has 0 aliphatic rings. The van der Waals surface area contributed by atoms with Gasteiger partial charge in [0.1, 0.15) is 0 Å². The highest BCUT2D eigenvalue weighted by Gasteiger charge is 2.08. The molecule has 0 saturated carbocycles. The highest BCUT2D eigenvalue weighted by Crippen LogP contribution is 2.16. The van der Waals surface area contributed by atoms with Gasteiger partial charge >= 0.3 is 5.97 Å². The quantitative estimate of drug-likeness (QED) is 0.609. The molecule has 1 unspecified atom stereocenters. The van der Waals surface area contributed by atoms with Crippen molar-refractivity contribution in [3.05, 3.63) is 29.8 Å². The number of rotatable bonds is 7. The number of thioether (sulfide) groups is 1. The molecule has 2 N–H and O–H groups in total. The first-order chi connectivity index (χ1) is 8.65. The van der Waals surface area contributed by atoms with Crippen LogP contribution in [0.15, 0.2) is 29.2 Å². The lowest BCUT2D eigenvalue weighted by atomic mass is 10.0. The van der Waals surface area contributed by atoms with Crippen LogP contribution in [0.5, 0.6) is 0 Å². The first-order valence-corrected chi connectivity index (χ1v) is 7.42. The summed E-state index contributed by atoms with van der Waals surface area (Å²) in [6, 6.07) is 8.39. The predicted molar refractivity (Wildman–Crippen MR) is 75.8 cm³/mol. The molecule has 0 aromatic heterocycles. The fourth-order valence-corrected chi connectivity index (χ4v) is 2.11. The van der Waals surface area contributed by atoms with Crippen LogP contribution in [0.3, 0.4) is 0 Å². The summed E-state index contributed by atoms with van der Waals surface area (Å²) in [6.07, 6.45) is 3.93. The third-order valence-electron chi connectivity index (χ3n) is 2.68. The summed E-state index contributed by atoms with van der Waals surface area (Å²) in [7, 11) is 0. The van der Waals surface area contributed by atoms with Crippen LogP contribution in [-0.4, -0.2) is 24.9 Å². The Kier molecular flexibility index (Phi) is 6.83. The van der Waals surface area contributed by atoms with Crippen molar-refractivity contribution in [2.45, 2.75) is 37.1 Å². The molecule has 0 aliphatic heterocycles. The van der Waals surface area contributed by atoms with Gasteiger partial charge < -0.3 is 10.5 Å². The lowest BCUT2D eigenvalue weighted by molar-refractivity contribution is -0.143. The SMILES string of the molecule is CCOC(=O)CCC(N)Cc1ccc(SC)cc1. The van der Waals surface area contributed by atoms with E-state index in [9.17, 15) is 4.79 Å². The minimum Gasteiger partial charge on any atom is -0.466 e. The largest absolute Gasteiger partial charge is 0.466 e. The first kappa shape index (κ1) is 15.1. The third kappa shape index (κ3) is 5.56. The maximum Gasteiger partial charge on any atom is 0.305 e. The molecule has 0 bridgehead atoms. The summed E-state index contributed by atoms with van der Waals surface area (Å²) in [4.78, 5) is 12.5. The lowest BCUT2D eigenvalue weighted by Crippen LogP contribution is -2.24. The topological polar surface area (TPSA) is 52.3 Å². The van der Waals surface area contributed by atoms with E-state index in [2.05, 4.69) is 30.5 Å². The molecule has 0 amide bonds. The molecule has 0 radical (unpaired) electrons. The van der Waals surface area contributed by atoms with Crippen molar-refractivity contribution in [3.8, 4) is 0 Å². The molecule has 100 valence electrons. The average Bonchev–Trinajstić information content (AvgIpc) is 2.38. The van der Waals surface area contributed by atoms with Crippen molar-refractivity contribution in [3.63, 3.8) is 0 Å². The van der Waals surface area contributed by atoms with Gasteiger partial charge in [0.15, 0.2) is 0 Å². The molecule has 0 spiro atoms. The molecule has 3 nitrogen and oxygen atoms in total. The zero-order valence-electron chi connectivity index (χ0n) is 11.0. The Labute approximate surface area is 113 Å². The van der Waals surface area contributed by atoms with Gasteiger partial charge in [0, 0.05) is 17.4 Å². The number of ether oxygens (including phenoxy) is 1. The van der Waals surface area contributed by atoms with E-state index in [1.165, 1.54) is 10.5 Å². The molecule has 0 heterocycles. The van der Waals surface area contributed by atoms with Crippen molar-refractivity contribution in [1.82, 2.24) is 0 Å². The van der Waals surface area contributed by atoms with E-state index in [1.807, 2.05) is 6.92 Å². The minimum atomic E-state index is -0.161. The van der Waals surface area contributed by atoms with Crippen molar-refractivity contribution in [2.75, 3.05) is 12.9 Å². The number of carbonyl (C=O) groups excluding carboxylic acids is 1. The molecular weight excluding hydrogens is 246 g/mol. The molecular formula is C14H21NO2S. The fraction of sp³-hybridized carbons (Fsp3) is 0.500. The van der Waals surface area contributed by atoms with Crippen molar-refractivity contribution in [2.24, 2.45) is 5.73 Å². The molecule has 1 rings (SSSR count). The number of nitrogens with two attached hydrogens (primary N) is 1. The average molecular weight is 267 g/mol. The second-order valence-electron chi connectivity index (χ2n) is 4.16. The summed E-state index contributed by atoms with van der Waals surface area (Å²) < 4.78 is 4.88. The van der Waals surface area contributed by atoms with E-state index in [0.29, 0.717) is 19.4 Å². The second-order valence-corrected chi connectivity index (χ2v) is 5.04. The van der Waals surface area contributed by atoms with Crippen LogP contribution in [0, 0.1) is 0 Å². The van der Waals surface area contributed by atoms with Gasteiger partial charge in [0.05, 0.1) is 6.61 Å². The summed E-state index contributed by atoms with van der Waals surface area (Å²) in [5, 5.41) is 0. The zero-order valence-corrected chi connectivity index (χ0v) is 11.8. The van der Waals surface area contributed by atoms with E-state index in [-0.39, 0.29) is 12.0 Å². The smallest absolute Gasteiger partial charge is 0.305 e. The molecule has 1 aromatic rings. The van der Waals surface area contributed by atoms with Gasteiger partial charge in [0.25, 0.3) is 0 Å². The maximum atomic E-state index is 11.2. The Bertz CT molecular complexity index is 365. The van der Waals surface area contributed by atoms with E-state index in [1.54, 1.807) is 11.8 Å². The van der Waals surface area contributed by atoms with Gasteiger partial charge in [-0.25, -0.2) is 0 Å². The van der Waals surface area contributed by atoms with Gasteiger partial charge in [-0.15, -0.1) is 11.8 Å². The summed E-state index contributed by atoms with van der Waals surface area (Å²) in [5.74, 6) is -0.161. The summed E-state index contributed by atoms with van der Waals surface area (Å²) in [5.41, 5.74) is 7.22. The zero-order chi connectivity index (χ0) is 13.4. The van der Waals surface area contributed by atoms with Crippen LogP contribution in [0.4, 0.5) is 0 Å². The van der Waals surface area contributed by atoms with Gasteiger partial charge in [-0.3, -0.25) is 4.79 Å². The molecule has 18 heavy (non-hydrogen) atoms. The highest BCUT2D eigenvalue weighted by molar-refractivity contribution is 7.98. The Morgan fingerprint density at radius 3 is 2.61 bits per heavy atom. The van der Waals surface area contributed by atoms with Crippen LogP contribution in [-0.2, 0) is 16.0 Å². The molecule has 0 saturated heterocycles. The first-order valence-electron chi connectivity index (χ1n) is 6.19. The third-order valence-corrected chi connectivity index (χ3v) is 3.43. The Morgan fingerprint density at radius 2 is 2.06 bits per heavy atom. The van der Waals surface area contributed by atoms with Crippen LogP contribution < -0.4 is 5.73 Å². The maximum absolute atomic E-state index is 11.2. The fourth-order valence-electron chi connectivity index (χ4n) is 1.70. The molecule has 1 aromatic carbocycles. The second kappa shape index (κ2) is 8.16. The highest BCUT2D eigenvalue weighted by atomic mass is 32.2. The van der Waals surface area contributed by atoms with Crippen molar-refractivity contribution >= 4 is 17.7 Å². The number of esters is 1. The normalized spacial score (nSPS) is 12.2. The predicted octanol–water partition coefficient (Wildman–Crippen LogP) is 2.62. The van der Waals surface area contributed by atoms with E-state index >= 15 is 0 Å². The van der Waals surface area contributed by atoms with E-state index < -0.39 is 0 Å². The van der Waals surface area contributed by atoms with Crippen molar-refractivity contribution < 1.29 is 9.53 Å². The van der Waals surface area contributed by atoms with Gasteiger partial charge in [-0.2, -0.15) is 0 Å². The number of hydrogen-bond acceptors (Lipinski definition) is 4. The molecule has 4 heteroatoms. The van der Waals surface area contributed by atoms with E-state index in [0.717, 1.165) is 6.42 Å². The van der Waals surface area contributed by atoms with Gasteiger partial charge in [-0.1, -0.05) is 12.1 Å². The number of hydrogen-bond donors (Lipinski definition) is 1. The standard InChI is InChI=1S/C14H21NO2S/c1-3-17-14(16)9-6-12(15)10-11-4-7-13(18-2)8-5-11/h4-5,7-8,12H,3,6,9-10,15H2,1-2H3. The van der Waals surface area contributed by atoms with Gasteiger partial charge in [0.2, 0.25) is 0 Å². The lowest BCUT2D eigenvalue weighted by Gasteiger charge is -2.11. The van der Waals surface area contributed by atoms with E-state index in [4.69, 9.17) is 10.5 Å². The van der Waals surface area contributed by atoms with Crippen LogP contribution in [0.25, 0.3) is 0 Å². The van der Waals surface area contributed by atoms with Crippen molar-refractivity contribution in [1.29, 1.82) is 0 Å². The van der Waals surface area contributed by atoms with Gasteiger partial charge in [-0.05, 0) is 43.7 Å². The van der Waals surface area contributed by atoms with Crippen LogP contribution in [0.2, 0.25) is 0 Å². The van der Waals surface area contributed by atoms with Crippen LogP contribution in [0.1, 0.15) is 25.3 Å². The Morgan fingerprint density at radius 1 is 1.39 bits per heavy atom. The number of benzene rings is 1. The molecule has 0 aliphatic carbocycles. The van der Waals surface area contributed by atoms with Crippen LogP contribution >= 0.6 is 11.8 Å². The molecule has 1 atom stereocenters.